The fourth-order valence-corrected chi connectivity index (χ4v) is 1.92. The fourth-order valence-electron chi connectivity index (χ4n) is 1.62. The summed E-state index contributed by atoms with van der Waals surface area (Å²) in [6.45, 7) is 1.40. The summed E-state index contributed by atoms with van der Waals surface area (Å²) in [5, 5.41) is 0.278. The fraction of sp³-hybridized carbons (Fsp3) is 0.200. The average Bonchev–Trinajstić information content (AvgIpc) is 2.44. The van der Waals surface area contributed by atoms with Crippen LogP contribution in [0.5, 0.6) is 0 Å². The number of fused-ring (bicyclic) bond motifs is 1. The molecule has 2 aromatic rings. The summed E-state index contributed by atoms with van der Waals surface area (Å²) in [6.07, 6.45) is -4.33. The van der Waals surface area contributed by atoms with Crippen molar-refractivity contribution in [2.24, 2.45) is 0 Å². The van der Waals surface area contributed by atoms with Crippen LogP contribution in [0.1, 0.15) is 11.3 Å². The Bertz CT molecular complexity index is 513. The molecule has 0 saturated heterocycles. The number of pyridine rings is 1. The van der Waals surface area contributed by atoms with Gasteiger partial charge in [0.2, 0.25) is 0 Å². The zero-order valence-electron chi connectivity index (χ0n) is 7.77. The quantitative estimate of drug-likeness (QED) is 0.608. The maximum Gasteiger partial charge on any atom is 0.418 e. The van der Waals surface area contributed by atoms with Crippen LogP contribution in [-0.4, -0.2) is 4.40 Å². The second-order valence-corrected chi connectivity index (χ2v) is 3.64. The molecule has 80 valence electrons. The lowest BCUT2D eigenvalue weighted by atomic mass is 10.2. The van der Waals surface area contributed by atoms with Crippen LogP contribution >= 0.6 is 11.6 Å². The lowest BCUT2D eigenvalue weighted by molar-refractivity contribution is -0.137. The Hall–Kier alpha value is -1.16. The van der Waals surface area contributed by atoms with E-state index in [0.717, 1.165) is 6.07 Å². The van der Waals surface area contributed by atoms with Crippen molar-refractivity contribution in [3.63, 3.8) is 0 Å². The first-order chi connectivity index (χ1) is 6.91. The first-order valence-electron chi connectivity index (χ1n) is 4.25. The molecule has 2 aromatic heterocycles. The van der Waals surface area contributed by atoms with Gasteiger partial charge in [-0.05, 0) is 25.1 Å². The van der Waals surface area contributed by atoms with Crippen molar-refractivity contribution in [1.82, 2.24) is 4.40 Å². The van der Waals surface area contributed by atoms with Crippen molar-refractivity contribution in [2.45, 2.75) is 13.1 Å². The monoisotopic (exact) mass is 233 g/mol. The third-order valence-corrected chi connectivity index (χ3v) is 2.59. The van der Waals surface area contributed by atoms with Gasteiger partial charge in [-0.2, -0.15) is 13.2 Å². The van der Waals surface area contributed by atoms with E-state index in [1.807, 2.05) is 0 Å². The summed E-state index contributed by atoms with van der Waals surface area (Å²) in [6, 6.07) is 5.87. The van der Waals surface area contributed by atoms with Crippen LogP contribution in [0.25, 0.3) is 5.52 Å². The van der Waals surface area contributed by atoms with Gasteiger partial charge >= 0.3 is 6.18 Å². The molecule has 0 unspecified atom stereocenters. The molecule has 0 amide bonds. The minimum atomic E-state index is -4.33. The molecule has 1 nitrogen and oxygen atoms in total. The smallest absolute Gasteiger partial charge is 0.304 e. The molecule has 0 N–H and O–H groups in total. The van der Waals surface area contributed by atoms with E-state index in [9.17, 15) is 13.2 Å². The predicted molar refractivity (Wildman–Crippen MR) is 52.1 cm³/mol. The minimum Gasteiger partial charge on any atom is -0.304 e. The maximum absolute atomic E-state index is 12.6. The molecule has 0 bridgehead atoms. The van der Waals surface area contributed by atoms with E-state index in [1.54, 1.807) is 18.2 Å². The Balaban J connectivity index is 2.82. The highest BCUT2D eigenvalue weighted by atomic mass is 35.5. The van der Waals surface area contributed by atoms with Crippen molar-refractivity contribution in [3.8, 4) is 0 Å². The second-order valence-electron chi connectivity index (χ2n) is 3.25. The van der Waals surface area contributed by atoms with Gasteiger partial charge in [-0.1, -0.05) is 17.7 Å². The van der Waals surface area contributed by atoms with E-state index in [4.69, 9.17) is 11.6 Å². The Kier molecular flexibility index (Phi) is 2.19. The molecule has 15 heavy (non-hydrogen) atoms. The van der Waals surface area contributed by atoms with E-state index >= 15 is 0 Å². The van der Waals surface area contributed by atoms with Crippen molar-refractivity contribution < 1.29 is 13.2 Å². The van der Waals surface area contributed by atoms with Crippen molar-refractivity contribution in [2.75, 3.05) is 0 Å². The third-order valence-electron chi connectivity index (χ3n) is 2.30. The van der Waals surface area contributed by atoms with E-state index in [1.165, 1.54) is 11.3 Å². The molecule has 0 fully saturated rings. The molecule has 5 heteroatoms. The van der Waals surface area contributed by atoms with Gasteiger partial charge in [0.1, 0.15) is 5.15 Å². The molecule has 0 atom stereocenters. The highest BCUT2D eigenvalue weighted by Gasteiger charge is 2.34. The van der Waals surface area contributed by atoms with Crippen molar-refractivity contribution in [1.29, 1.82) is 0 Å². The number of nitrogens with zero attached hydrogens (tertiary/aromatic N) is 1. The van der Waals surface area contributed by atoms with Gasteiger partial charge in [0.05, 0.1) is 5.56 Å². The summed E-state index contributed by atoms with van der Waals surface area (Å²) in [5.41, 5.74) is -0.0778. The average molecular weight is 234 g/mol. The second kappa shape index (κ2) is 3.17. The number of aryl methyl sites for hydroxylation is 1. The van der Waals surface area contributed by atoms with Crippen molar-refractivity contribution in [3.05, 3.63) is 40.7 Å². The highest BCUT2D eigenvalue weighted by molar-refractivity contribution is 6.29. The molecule has 2 heterocycles. The van der Waals surface area contributed by atoms with E-state index in [0.29, 0.717) is 5.52 Å². The largest absolute Gasteiger partial charge is 0.418 e. The summed E-state index contributed by atoms with van der Waals surface area (Å²) in [7, 11) is 0. The number of alkyl halides is 3. The molecule has 0 saturated carbocycles. The topological polar surface area (TPSA) is 4.41 Å². The van der Waals surface area contributed by atoms with Crippen LogP contribution in [0.15, 0.2) is 24.3 Å². The summed E-state index contributed by atoms with van der Waals surface area (Å²) in [4.78, 5) is 0. The number of hydrogen-bond donors (Lipinski definition) is 0. The van der Waals surface area contributed by atoms with E-state index in [2.05, 4.69) is 0 Å². The molecule has 0 spiro atoms. The van der Waals surface area contributed by atoms with Gasteiger partial charge in [0.25, 0.3) is 0 Å². The molecular weight excluding hydrogens is 227 g/mol. The predicted octanol–water partition coefficient (Wildman–Crippen LogP) is 3.92. The van der Waals surface area contributed by atoms with Gasteiger partial charge < -0.3 is 4.40 Å². The summed E-state index contributed by atoms with van der Waals surface area (Å²) in [5.74, 6) is 0. The number of aromatic nitrogens is 1. The lowest BCUT2D eigenvalue weighted by Crippen LogP contribution is -2.05. The Morgan fingerprint density at radius 1 is 1.27 bits per heavy atom. The zero-order valence-corrected chi connectivity index (χ0v) is 8.52. The van der Waals surface area contributed by atoms with Gasteiger partial charge in [0.15, 0.2) is 0 Å². The minimum absolute atomic E-state index is 0.114. The molecule has 0 aromatic carbocycles. The standard InChI is InChI=1S/C10H7ClF3N/c1-6-8(10(12,13)14)5-7-3-2-4-9(11)15(6)7/h2-5H,1H3. The van der Waals surface area contributed by atoms with Crippen LogP contribution in [0, 0.1) is 6.92 Å². The first kappa shape index (κ1) is 10.4. The van der Waals surface area contributed by atoms with Crippen LogP contribution in [0.3, 0.4) is 0 Å². The molecule has 2 rings (SSSR count). The number of halogens is 4. The van der Waals surface area contributed by atoms with Crippen LogP contribution in [-0.2, 0) is 6.18 Å². The zero-order chi connectivity index (χ0) is 11.2. The molecule has 0 aliphatic carbocycles. The molecule has 0 radical (unpaired) electrons. The normalized spacial score (nSPS) is 12.3. The van der Waals surface area contributed by atoms with E-state index < -0.39 is 11.7 Å². The van der Waals surface area contributed by atoms with Crippen LogP contribution < -0.4 is 0 Å². The Morgan fingerprint density at radius 3 is 2.47 bits per heavy atom. The van der Waals surface area contributed by atoms with Crippen LogP contribution in [0.4, 0.5) is 13.2 Å². The summed E-state index contributed by atoms with van der Waals surface area (Å²) < 4.78 is 39.1. The van der Waals surface area contributed by atoms with Gasteiger partial charge in [-0.25, -0.2) is 0 Å². The van der Waals surface area contributed by atoms with E-state index in [-0.39, 0.29) is 10.8 Å². The van der Waals surface area contributed by atoms with Crippen molar-refractivity contribution >= 4 is 17.1 Å². The summed E-state index contributed by atoms with van der Waals surface area (Å²) >= 11 is 5.82. The molecular formula is C10H7ClF3N. The first-order valence-corrected chi connectivity index (χ1v) is 4.63. The molecule has 0 aliphatic heterocycles. The van der Waals surface area contributed by atoms with Gasteiger partial charge in [-0.15, -0.1) is 0 Å². The SMILES string of the molecule is Cc1c(C(F)(F)F)cc2cccc(Cl)n12. The molecule has 0 aliphatic rings. The number of rotatable bonds is 0. The number of hydrogen-bond acceptors (Lipinski definition) is 0. The van der Waals surface area contributed by atoms with Crippen LogP contribution in [0.2, 0.25) is 5.15 Å². The Morgan fingerprint density at radius 2 is 1.93 bits per heavy atom. The van der Waals surface area contributed by atoms with Gasteiger partial charge in [-0.3, -0.25) is 0 Å². The van der Waals surface area contributed by atoms with Gasteiger partial charge in [0, 0.05) is 11.2 Å². The maximum atomic E-state index is 12.6. The Labute approximate surface area is 89.1 Å². The third kappa shape index (κ3) is 1.59. The highest BCUT2D eigenvalue weighted by Crippen LogP contribution is 2.34. The lowest BCUT2D eigenvalue weighted by Gasteiger charge is -2.05.